The van der Waals surface area contributed by atoms with Crippen molar-refractivity contribution in [2.75, 3.05) is 6.54 Å². The zero-order valence-electron chi connectivity index (χ0n) is 18.3. The predicted molar refractivity (Wildman–Crippen MR) is 130 cm³/mol. The zero-order valence-corrected chi connectivity index (χ0v) is 19.1. The summed E-state index contributed by atoms with van der Waals surface area (Å²) < 4.78 is 0. The molecule has 2 aromatic carbocycles. The topological polar surface area (TPSA) is 48.1 Å². The first-order valence-electron chi connectivity index (χ1n) is 10.6. The number of aromatic amines is 1. The number of hydrogen-bond donors (Lipinski definition) is 2. The Kier molecular flexibility index (Phi) is 7.27. The Morgan fingerprint density at radius 1 is 1.13 bits per heavy atom. The second kappa shape index (κ2) is 9.90. The number of rotatable bonds is 7. The molecule has 4 nitrogen and oxygen atoms in total. The largest absolute Gasteiger partial charge is 0.360 e. The van der Waals surface area contributed by atoms with E-state index in [1.807, 2.05) is 18.2 Å². The van der Waals surface area contributed by atoms with Crippen LogP contribution in [0.5, 0.6) is 0 Å². The van der Waals surface area contributed by atoms with Gasteiger partial charge >= 0.3 is 0 Å². The van der Waals surface area contributed by atoms with Crippen molar-refractivity contribution in [2.45, 2.75) is 53.1 Å². The summed E-state index contributed by atoms with van der Waals surface area (Å²) in [6, 6.07) is 16.8. The summed E-state index contributed by atoms with van der Waals surface area (Å²) in [6.07, 6.45) is 1.86. The number of aromatic nitrogens is 1. The maximum absolute atomic E-state index is 12.7. The highest BCUT2D eigenvalue weighted by molar-refractivity contribution is 7.80. The van der Waals surface area contributed by atoms with Crippen LogP contribution >= 0.6 is 12.2 Å². The van der Waals surface area contributed by atoms with E-state index >= 15 is 0 Å². The average Bonchev–Trinajstić information content (AvgIpc) is 2.72. The molecule has 1 aromatic heterocycles. The maximum atomic E-state index is 12.7. The number of hydrogen-bond acceptors (Lipinski definition) is 2. The van der Waals surface area contributed by atoms with Crippen molar-refractivity contribution < 1.29 is 0 Å². The molecule has 30 heavy (non-hydrogen) atoms. The highest BCUT2D eigenvalue weighted by atomic mass is 32.1. The molecule has 1 atom stereocenters. The van der Waals surface area contributed by atoms with Crippen molar-refractivity contribution in [3.05, 3.63) is 81.1 Å². The second-order valence-corrected chi connectivity index (χ2v) is 8.46. The first kappa shape index (κ1) is 22.0. The third-order valence-electron chi connectivity index (χ3n) is 5.62. The molecule has 0 saturated heterocycles. The van der Waals surface area contributed by atoms with Crippen molar-refractivity contribution >= 4 is 28.2 Å². The highest BCUT2D eigenvalue weighted by Crippen LogP contribution is 2.15. The fourth-order valence-corrected chi connectivity index (χ4v) is 3.85. The van der Waals surface area contributed by atoms with E-state index in [1.54, 1.807) is 0 Å². The molecule has 0 aliphatic rings. The highest BCUT2D eigenvalue weighted by Gasteiger charge is 2.15. The smallest absolute Gasteiger partial charge is 0.253 e. The minimum Gasteiger partial charge on any atom is -0.360 e. The molecule has 0 aliphatic carbocycles. The monoisotopic (exact) mass is 421 g/mol. The number of aryl methyl sites for hydroxylation is 2. The molecule has 0 aliphatic heterocycles. The van der Waals surface area contributed by atoms with Gasteiger partial charge in [-0.05, 0) is 80.5 Å². The summed E-state index contributed by atoms with van der Waals surface area (Å²) in [7, 11) is 0. The van der Waals surface area contributed by atoms with E-state index in [0.717, 1.165) is 35.9 Å². The lowest BCUT2D eigenvalue weighted by atomic mass is 10.1. The number of H-pyrrole nitrogens is 1. The van der Waals surface area contributed by atoms with E-state index in [0.29, 0.717) is 11.7 Å². The molecule has 0 fully saturated rings. The van der Waals surface area contributed by atoms with Gasteiger partial charge < -0.3 is 15.2 Å². The molecule has 0 amide bonds. The molecule has 0 spiro atoms. The molecule has 2 N–H and O–H groups in total. The normalized spacial score (nSPS) is 12.0. The Bertz CT molecular complexity index is 1090. The van der Waals surface area contributed by atoms with Gasteiger partial charge in [0.2, 0.25) is 0 Å². The number of fused-ring (bicyclic) bond motifs is 1. The van der Waals surface area contributed by atoms with Crippen LogP contribution in [0.25, 0.3) is 10.9 Å². The summed E-state index contributed by atoms with van der Waals surface area (Å²) in [5, 5.41) is 5.15. The van der Waals surface area contributed by atoms with Crippen LogP contribution in [0.4, 0.5) is 0 Å². The van der Waals surface area contributed by atoms with Crippen LogP contribution < -0.4 is 10.9 Å². The minimum atomic E-state index is -0.0569. The van der Waals surface area contributed by atoms with Gasteiger partial charge in [-0.15, -0.1) is 0 Å². The van der Waals surface area contributed by atoms with Gasteiger partial charge in [0, 0.05) is 23.7 Å². The summed E-state index contributed by atoms with van der Waals surface area (Å²) in [4.78, 5) is 17.9. The maximum Gasteiger partial charge on any atom is 0.253 e. The number of nitrogens with zero attached hydrogens (tertiary/aromatic N) is 1. The van der Waals surface area contributed by atoms with Gasteiger partial charge in [-0.2, -0.15) is 0 Å². The van der Waals surface area contributed by atoms with Crippen LogP contribution in [0.2, 0.25) is 0 Å². The molecule has 0 unspecified atom stereocenters. The molecule has 1 heterocycles. The summed E-state index contributed by atoms with van der Waals surface area (Å²) >= 11 is 5.73. The average molecular weight is 422 g/mol. The number of pyridine rings is 1. The lowest BCUT2D eigenvalue weighted by Crippen LogP contribution is -2.44. The molecule has 0 radical (unpaired) electrons. The molecule has 158 valence electrons. The molecule has 0 bridgehead atoms. The van der Waals surface area contributed by atoms with E-state index in [-0.39, 0.29) is 11.6 Å². The molecule has 3 aromatic rings. The minimum absolute atomic E-state index is 0.0569. The van der Waals surface area contributed by atoms with Crippen LogP contribution in [0.1, 0.15) is 42.5 Å². The van der Waals surface area contributed by atoms with Gasteiger partial charge in [-0.1, -0.05) is 42.8 Å². The first-order valence-corrected chi connectivity index (χ1v) is 11.0. The van der Waals surface area contributed by atoms with E-state index in [1.165, 1.54) is 16.7 Å². The van der Waals surface area contributed by atoms with Gasteiger partial charge in [-0.25, -0.2) is 0 Å². The van der Waals surface area contributed by atoms with Crippen molar-refractivity contribution in [1.29, 1.82) is 0 Å². The van der Waals surface area contributed by atoms with Gasteiger partial charge in [0.1, 0.15) is 0 Å². The lowest BCUT2D eigenvalue weighted by Gasteiger charge is -2.28. The van der Waals surface area contributed by atoms with E-state index in [9.17, 15) is 4.79 Å². The summed E-state index contributed by atoms with van der Waals surface area (Å²) in [5.41, 5.74) is 5.28. The van der Waals surface area contributed by atoms with E-state index < -0.39 is 0 Å². The Morgan fingerprint density at radius 3 is 2.63 bits per heavy atom. The van der Waals surface area contributed by atoms with Crippen molar-refractivity contribution in [2.24, 2.45) is 0 Å². The quantitative estimate of drug-likeness (QED) is 0.535. The van der Waals surface area contributed by atoms with Gasteiger partial charge in [-0.3, -0.25) is 4.79 Å². The standard InChI is InChI=1S/C25H31N3OS/c1-5-19(4)26-25(30)28(13-12-20-9-7-6-8-18(20)3)16-22-15-21-14-17(2)10-11-23(21)27-24(22)29/h6-11,14-15,19H,5,12-13,16H2,1-4H3,(H,26,30)(H,27,29)/t19-/m1/s1. The van der Waals surface area contributed by atoms with Crippen LogP contribution in [0, 0.1) is 13.8 Å². The van der Waals surface area contributed by atoms with Gasteiger partial charge in [0.15, 0.2) is 5.11 Å². The summed E-state index contributed by atoms with van der Waals surface area (Å²) in [6.45, 7) is 9.67. The van der Waals surface area contributed by atoms with Crippen LogP contribution in [0.15, 0.2) is 53.3 Å². The van der Waals surface area contributed by atoms with Crippen molar-refractivity contribution in [1.82, 2.24) is 15.2 Å². The molecule has 5 heteroatoms. The second-order valence-electron chi connectivity index (χ2n) is 8.07. The SMILES string of the molecule is CC[C@@H](C)NC(=S)N(CCc1ccccc1C)Cc1cc2cc(C)ccc2[nH]c1=O. The number of benzene rings is 2. The van der Waals surface area contributed by atoms with Crippen LogP contribution in [-0.4, -0.2) is 27.6 Å². The van der Waals surface area contributed by atoms with Crippen LogP contribution in [0.3, 0.4) is 0 Å². The van der Waals surface area contributed by atoms with E-state index in [4.69, 9.17) is 12.2 Å². The van der Waals surface area contributed by atoms with Crippen molar-refractivity contribution in [3.63, 3.8) is 0 Å². The Morgan fingerprint density at radius 2 is 1.90 bits per heavy atom. The van der Waals surface area contributed by atoms with E-state index in [2.05, 4.69) is 73.2 Å². The van der Waals surface area contributed by atoms with Crippen molar-refractivity contribution in [3.8, 4) is 0 Å². The molecule has 0 saturated carbocycles. The van der Waals surface area contributed by atoms with Crippen LogP contribution in [-0.2, 0) is 13.0 Å². The lowest BCUT2D eigenvalue weighted by molar-refractivity contribution is 0.400. The Balaban J connectivity index is 1.86. The predicted octanol–water partition coefficient (Wildman–Crippen LogP) is 4.86. The summed E-state index contributed by atoms with van der Waals surface area (Å²) in [5.74, 6) is 0. The molecule has 3 rings (SSSR count). The van der Waals surface area contributed by atoms with Gasteiger partial charge in [0.05, 0.1) is 6.54 Å². The molecular weight excluding hydrogens is 390 g/mol. The molecular formula is C25H31N3OS. The van der Waals surface area contributed by atoms with Gasteiger partial charge in [0.25, 0.3) is 5.56 Å². The Hall–Kier alpha value is -2.66. The zero-order chi connectivity index (χ0) is 21.7. The first-order chi connectivity index (χ1) is 14.4. The fraction of sp³-hybridized carbons (Fsp3) is 0.360. The fourth-order valence-electron chi connectivity index (χ4n) is 3.50. The Labute approximate surface area is 184 Å². The third-order valence-corrected chi connectivity index (χ3v) is 6.00. The number of nitrogens with one attached hydrogen (secondary N) is 2. The third kappa shape index (κ3) is 5.48. The number of thiocarbonyl (C=S) groups is 1.